The Morgan fingerprint density at radius 2 is 1.93 bits per heavy atom. The largest absolute Gasteiger partial charge is 0.357 e. The number of hydrogen-bond donors (Lipinski definition) is 2. The predicted molar refractivity (Wildman–Crippen MR) is 110 cm³/mol. The fourth-order valence-corrected chi connectivity index (χ4v) is 4.15. The van der Waals surface area contributed by atoms with Crippen molar-refractivity contribution >= 4 is 16.0 Å². The van der Waals surface area contributed by atoms with Crippen molar-refractivity contribution < 1.29 is 8.42 Å². The van der Waals surface area contributed by atoms with Crippen LogP contribution in [-0.4, -0.2) is 69.9 Å². The minimum absolute atomic E-state index is 0.297. The maximum absolute atomic E-state index is 12.1. The van der Waals surface area contributed by atoms with E-state index >= 15 is 0 Å². The van der Waals surface area contributed by atoms with E-state index in [0.29, 0.717) is 17.5 Å². The first-order valence-corrected chi connectivity index (χ1v) is 11.1. The summed E-state index contributed by atoms with van der Waals surface area (Å²) in [7, 11) is -0.324. The first-order valence-electron chi connectivity index (χ1n) is 9.66. The first-order chi connectivity index (χ1) is 12.9. The first kappa shape index (κ1) is 21.7. The number of rotatable bonds is 8. The molecule has 1 heterocycles. The standard InChI is InChI=1S/C19H33N5O2S/c1-5-20-19(22-15-17-8-7-13-24(17)6-2)21-14-16-9-11-18(12-10-16)27(25,26)23(3)4/h9-12,17H,5-8,13-15H2,1-4H3,(H2,20,21,22). The molecule has 7 nitrogen and oxygen atoms in total. The van der Waals surface area contributed by atoms with Crippen molar-refractivity contribution in [2.45, 2.75) is 44.2 Å². The quantitative estimate of drug-likeness (QED) is 0.515. The lowest BCUT2D eigenvalue weighted by Gasteiger charge is -2.24. The summed E-state index contributed by atoms with van der Waals surface area (Å²) < 4.78 is 25.5. The lowest BCUT2D eigenvalue weighted by atomic mass is 10.2. The van der Waals surface area contributed by atoms with E-state index < -0.39 is 10.0 Å². The van der Waals surface area contributed by atoms with Gasteiger partial charge in [0.05, 0.1) is 11.4 Å². The molecule has 0 saturated carbocycles. The molecular formula is C19H33N5O2S. The van der Waals surface area contributed by atoms with Gasteiger partial charge in [0.2, 0.25) is 10.0 Å². The number of hydrogen-bond acceptors (Lipinski definition) is 4. The highest BCUT2D eigenvalue weighted by Gasteiger charge is 2.22. The molecule has 1 aliphatic heterocycles. The maximum Gasteiger partial charge on any atom is 0.242 e. The number of likely N-dealkylation sites (tertiary alicyclic amines) is 1. The molecular weight excluding hydrogens is 362 g/mol. The highest BCUT2D eigenvalue weighted by atomic mass is 32.2. The molecule has 0 bridgehead atoms. The maximum atomic E-state index is 12.1. The van der Waals surface area contributed by atoms with Crippen LogP contribution in [0.5, 0.6) is 0 Å². The molecule has 1 atom stereocenters. The van der Waals surface area contributed by atoms with Crippen molar-refractivity contribution in [3.8, 4) is 0 Å². The summed E-state index contributed by atoms with van der Waals surface area (Å²) in [6.07, 6.45) is 2.48. The topological polar surface area (TPSA) is 77.0 Å². The monoisotopic (exact) mass is 395 g/mol. The van der Waals surface area contributed by atoms with Gasteiger partial charge in [0.1, 0.15) is 0 Å². The molecule has 0 amide bonds. The SMILES string of the molecule is CCNC(=NCc1ccc(S(=O)(=O)N(C)C)cc1)NCC1CCCN1CC. The van der Waals surface area contributed by atoms with Gasteiger partial charge < -0.3 is 10.6 Å². The molecule has 2 rings (SSSR count). The van der Waals surface area contributed by atoms with Gasteiger partial charge in [-0.15, -0.1) is 0 Å². The van der Waals surface area contributed by atoms with Gasteiger partial charge in [-0.25, -0.2) is 17.7 Å². The molecule has 0 spiro atoms. The van der Waals surface area contributed by atoms with Crippen LogP contribution >= 0.6 is 0 Å². The molecule has 2 N–H and O–H groups in total. The molecule has 1 aromatic carbocycles. The van der Waals surface area contributed by atoms with Gasteiger partial charge >= 0.3 is 0 Å². The number of guanidine groups is 1. The van der Waals surface area contributed by atoms with E-state index in [1.165, 1.54) is 37.8 Å². The lowest BCUT2D eigenvalue weighted by Crippen LogP contribution is -2.44. The minimum Gasteiger partial charge on any atom is -0.357 e. The van der Waals surface area contributed by atoms with Gasteiger partial charge in [0, 0.05) is 33.2 Å². The fourth-order valence-electron chi connectivity index (χ4n) is 3.25. The van der Waals surface area contributed by atoms with Crippen LogP contribution in [0.2, 0.25) is 0 Å². The number of nitrogens with one attached hydrogen (secondary N) is 2. The highest BCUT2D eigenvalue weighted by Crippen LogP contribution is 2.16. The number of aliphatic imine (C=N–C) groups is 1. The van der Waals surface area contributed by atoms with E-state index in [4.69, 9.17) is 0 Å². The summed E-state index contributed by atoms with van der Waals surface area (Å²) in [6, 6.07) is 7.48. The molecule has 8 heteroatoms. The third-order valence-corrected chi connectivity index (χ3v) is 6.71. The molecule has 27 heavy (non-hydrogen) atoms. The van der Waals surface area contributed by atoms with E-state index in [1.807, 2.05) is 19.1 Å². The van der Waals surface area contributed by atoms with Crippen LogP contribution in [0.1, 0.15) is 32.3 Å². The Morgan fingerprint density at radius 3 is 2.52 bits per heavy atom. The van der Waals surface area contributed by atoms with Crippen molar-refractivity contribution in [1.29, 1.82) is 0 Å². The van der Waals surface area contributed by atoms with Crippen LogP contribution in [0, 0.1) is 0 Å². The fraction of sp³-hybridized carbons (Fsp3) is 0.632. The van der Waals surface area contributed by atoms with E-state index in [9.17, 15) is 8.42 Å². The van der Waals surface area contributed by atoms with Crippen molar-refractivity contribution in [1.82, 2.24) is 19.8 Å². The summed E-state index contributed by atoms with van der Waals surface area (Å²) in [5.74, 6) is 0.797. The van der Waals surface area contributed by atoms with Crippen LogP contribution in [0.4, 0.5) is 0 Å². The number of nitrogens with zero attached hydrogens (tertiary/aromatic N) is 3. The lowest BCUT2D eigenvalue weighted by molar-refractivity contribution is 0.267. The van der Waals surface area contributed by atoms with Crippen molar-refractivity contribution in [2.75, 3.05) is 40.3 Å². The highest BCUT2D eigenvalue weighted by molar-refractivity contribution is 7.89. The number of likely N-dealkylation sites (N-methyl/N-ethyl adjacent to an activating group) is 1. The van der Waals surface area contributed by atoms with Gasteiger partial charge in [0.25, 0.3) is 0 Å². The minimum atomic E-state index is -3.39. The normalized spacial score (nSPS) is 18.9. The van der Waals surface area contributed by atoms with Gasteiger partial charge in [0.15, 0.2) is 5.96 Å². The average molecular weight is 396 g/mol. The molecule has 0 aliphatic carbocycles. The van der Waals surface area contributed by atoms with Crippen molar-refractivity contribution in [3.63, 3.8) is 0 Å². The molecule has 1 saturated heterocycles. The number of sulfonamides is 1. The van der Waals surface area contributed by atoms with E-state index in [2.05, 4.69) is 27.4 Å². The Kier molecular flexibility index (Phi) is 8.07. The third-order valence-electron chi connectivity index (χ3n) is 4.88. The second-order valence-electron chi connectivity index (χ2n) is 6.93. The van der Waals surface area contributed by atoms with Crippen LogP contribution in [0.15, 0.2) is 34.2 Å². The number of benzene rings is 1. The second-order valence-corrected chi connectivity index (χ2v) is 9.08. The van der Waals surface area contributed by atoms with Crippen LogP contribution < -0.4 is 10.6 Å². The zero-order valence-corrected chi connectivity index (χ0v) is 17.7. The molecule has 1 aliphatic rings. The molecule has 152 valence electrons. The molecule has 1 fully saturated rings. The molecule has 0 radical (unpaired) electrons. The van der Waals surface area contributed by atoms with Gasteiger partial charge in [-0.1, -0.05) is 19.1 Å². The van der Waals surface area contributed by atoms with E-state index in [0.717, 1.165) is 31.2 Å². The average Bonchev–Trinajstić information content (AvgIpc) is 3.11. The summed E-state index contributed by atoms with van der Waals surface area (Å²) in [4.78, 5) is 7.44. The second kappa shape index (κ2) is 10.1. The van der Waals surface area contributed by atoms with Crippen LogP contribution in [-0.2, 0) is 16.6 Å². The zero-order chi connectivity index (χ0) is 19.9. The molecule has 0 aromatic heterocycles. The summed E-state index contributed by atoms with van der Waals surface area (Å²) >= 11 is 0. The van der Waals surface area contributed by atoms with Crippen molar-refractivity contribution in [2.24, 2.45) is 4.99 Å². The summed E-state index contributed by atoms with van der Waals surface area (Å²) in [5, 5.41) is 6.72. The Bertz CT molecular complexity index is 716. The van der Waals surface area contributed by atoms with Gasteiger partial charge in [-0.05, 0) is 50.6 Å². The smallest absolute Gasteiger partial charge is 0.242 e. The Hall–Kier alpha value is -1.64. The van der Waals surface area contributed by atoms with Crippen LogP contribution in [0.3, 0.4) is 0 Å². The zero-order valence-electron chi connectivity index (χ0n) is 16.9. The summed E-state index contributed by atoms with van der Waals surface area (Å²) in [6.45, 7) is 8.71. The Labute approximate surface area is 163 Å². The predicted octanol–water partition coefficient (Wildman–Crippen LogP) is 1.48. The molecule has 1 unspecified atom stereocenters. The molecule has 1 aromatic rings. The Balaban J connectivity index is 1.97. The van der Waals surface area contributed by atoms with E-state index in [1.54, 1.807) is 12.1 Å². The van der Waals surface area contributed by atoms with Crippen molar-refractivity contribution in [3.05, 3.63) is 29.8 Å². The van der Waals surface area contributed by atoms with Gasteiger partial charge in [-0.3, -0.25) is 4.90 Å². The Morgan fingerprint density at radius 1 is 1.22 bits per heavy atom. The summed E-state index contributed by atoms with van der Waals surface area (Å²) in [5.41, 5.74) is 0.973. The third kappa shape index (κ3) is 5.92. The van der Waals surface area contributed by atoms with Crippen LogP contribution in [0.25, 0.3) is 0 Å². The van der Waals surface area contributed by atoms with E-state index in [-0.39, 0.29) is 0 Å². The van der Waals surface area contributed by atoms with Gasteiger partial charge in [-0.2, -0.15) is 0 Å².